The van der Waals surface area contributed by atoms with Crippen LogP contribution in [0.2, 0.25) is 0 Å². The molecule has 7 N–H and O–H groups in total. The summed E-state index contributed by atoms with van der Waals surface area (Å²) < 4.78 is 3.02. The summed E-state index contributed by atoms with van der Waals surface area (Å²) in [6, 6.07) is 3.62. The van der Waals surface area contributed by atoms with E-state index >= 15 is 0 Å². The number of nitrogens with one attached hydrogen (secondary N) is 3. The van der Waals surface area contributed by atoms with Crippen LogP contribution in [0.3, 0.4) is 0 Å². The van der Waals surface area contributed by atoms with E-state index in [0.717, 1.165) is 17.0 Å². The number of carbonyl (C=O) groups is 1. The molecule has 0 fully saturated rings. The number of imidazole rings is 1. The number of rotatable bonds is 1. The van der Waals surface area contributed by atoms with Crippen molar-refractivity contribution in [2.24, 2.45) is 5.84 Å². The second kappa shape index (κ2) is 24.6. The molecule has 0 aliphatic heterocycles. The number of hydrazine groups is 1. The average molecular weight is 1240 g/mol. The van der Waals surface area contributed by atoms with Gasteiger partial charge in [-0.3, -0.25) is 27.0 Å². The number of hydrogen-bond acceptors (Lipinski definition) is 8. The fourth-order valence-corrected chi connectivity index (χ4v) is 2.84. The monoisotopic (exact) mass is 1240 g/mol. The Labute approximate surface area is 321 Å². The molecule has 0 aliphatic rings. The quantitative estimate of drug-likeness (QED) is 0.0361. The summed E-state index contributed by atoms with van der Waals surface area (Å²) in [4.78, 5) is 35.5. The first kappa shape index (κ1) is 43.4. The number of nitrogens with two attached hydrogens (primary N) is 2. The van der Waals surface area contributed by atoms with Gasteiger partial charge in [0, 0.05) is 18.3 Å². The van der Waals surface area contributed by atoms with Crippen molar-refractivity contribution in [3.05, 3.63) is 65.8 Å². The van der Waals surface area contributed by atoms with Crippen molar-refractivity contribution < 1.29 is 19.2 Å². The van der Waals surface area contributed by atoms with E-state index in [1.165, 1.54) is 10.7 Å². The zero-order valence-electron chi connectivity index (χ0n) is 23.7. The standard InChI is InChI=1S/C8H10N6O.C8H7N5O.2C4H5.5HI.2V/c1-4-2-6-11-3-5(8(15)12-10)7(9)14(6)13-4;1-4-2-6-9-3-5-7(13(6)12-4)11-8(14)10-5;2*1-3-4-2;;;;;;;/h2-3H,9-10H2,1H3,(H,12,15);2-3H,1H3,(H2,10,11,14);2*1H2,2H3;5*1H;;/q;;2*-1;;;;;;+2;+3/p-5. The van der Waals surface area contributed by atoms with Crippen LogP contribution in [-0.4, -0.2) is 45.1 Å². The number of aromatic nitrogens is 8. The number of aryl methyl sites for hydroxylation is 2. The number of aromatic amines is 2. The second-order valence-corrected chi connectivity index (χ2v) is 54.5. The van der Waals surface area contributed by atoms with Gasteiger partial charge in [-0.1, -0.05) is 13.8 Å². The Bertz CT molecular complexity index is 1770. The SMILES string of the molecule is Cc1cc2ncc(C(=O)NN)c(N)n2n1.Cc1cc2ncc3[nH]c(=O)[nH]c3n2n1.[CH2-]C#CC.[CH2-]C#CC.[I][V]([I])[I].[I][V][I]. The molecule has 1 amide bonds. The molecule has 0 saturated carbocycles. The van der Waals surface area contributed by atoms with Crippen molar-refractivity contribution in [1.82, 2.24) is 44.6 Å². The molecule has 5 aromatic rings. The number of carbonyl (C=O) groups excluding carboxylic acids is 1. The van der Waals surface area contributed by atoms with Gasteiger partial charge in [-0.15, -0.1) is 0 Å². The number of nitrogens with zero attached hydrogens (tertiary/aromatic N) is 6. The van der Waals surface area contributed by atoms with E-state index in [-0.39, 0.29) is 22.0 Å². The van der Waals surface area contributed by atoms with Gasteiger partial charge in [0.2, 0.25) is 0 Å². The fraction of sp³-hybridized carbons (Fsp3) is 0.167. The Morgan fingerprint density at radius 3 is 1.86 bits per heavy atom. The van der Waals surface area contributed by atoms with E-state index < -0.39 is 5.91 Å². The molecule has 0 unspecified atom stereocenters. The fourth-order valence-electron chi connectivity index (χ4n) is 2.84. The molecule has 20 heteroatoms. The topological polar surface area (TPSA) is 190 Å². The average Bonchev–Trinajstić information content (AvgIpc) is 3.68. The van der Waals surface area contributed by atoms with E-state index in [9.17, 15) is 9.59 Å². The molecule has 5 heterocycles. The van der Waals surface area contributed by atoms with Gasteiger partial charge in [-0.2, -0.15) is 33.1 Å². The van der Waals surface area contributed by atoms with E-state index in [2.05, 4.69) is 168 Å². The Kier molecular flexibility index (Phi) is 24.2. The van der Waals surface area contributed by atoms with Crippen LogP contribution in [0.4, 0.5) is 5.82 Å². The van der Waals surface area contributed by atoms with Gasteiger partial charge < -0.3 is 22.6 Å². The molecule has 0 bridgehead atoms. The van der Waals surface area contributed by atoms with E-state index in [1.807, 2.05) is 25.3 Å². The molecule has 5 rings (SSSR count). The number of anilines is 1. The minimum atomic E-state index is -0.491. The van der Waals surface area contributed by atoms with Gasteiger partial charge in [0.1, 0.15) is 16.9 Å². The van der Waals surface area contributed by atoms with E-state index in [1.54, 1.807) is 30.6 Å². The Balaban J connectivity index is 0.000000584. The van der Waals surface area contributed by atoms with Crippen molar-refractivity contribution >= 4 is 134 Å². The van der Waals surface area contributed by atoms with Gasteiger partial charge in [0.25, 0.3) is 5.91 Å². The maximum absolute atomic E-state index is 11.3. The van der Waals surface area contributed by atoms with Crippen molar-refractivity contribution in [3.63, 3.8) is 0 Å². The summed E-state index contributed by atoms with van der Waals surface area (Å²) in [5.41, 5.74) is 12.0. The van der Waals surface area contributed by atoms with Crippen LogP contribution in [0.1, 0.15) is 35.6 Å². The van der Waals surface area contributed by atoms with Crippen LogP contribution < -0.4 is 22.7 Å². The van der Waals surface area contributed by atoms with Crippen LogP contribution in [0, 0.1) is 51.4 Å². The second-order valence-electron chi connectivity index (χ2n) is 7.35. The zero-order chi connectivity index (χ0) is 33.8. The number of fused-ring (bicyclic) bond motifs is 4. The number of H-pyrrole nitrogens is 2. The third-order valence-corrected chi connectivity index (χ3v) is 4.46. The van der Waals surface area contributed by atoms with Crippen LogP contribution in [0.25, 0.3) is 22.5 Å². The predicted octanol–water partition coefficient (Wildman–Crippen LogP) is 5.54. The van der Waals surface area contributed by atoms with E-state index in [4.69, 9.17) is 11.6 Å². The Hall–Kier alpha value is -0.581. The molecule has 0 aliphatic carbocycles. The first-order chi connectivity index (χ1) is 20.8. The first-order valence-corrected chi connectivity index (χ1v) is 34.0. The van der Waals surface area contributed by atoms with Crippen molar-refractivity contribution in [2.75, 3.05) is 5.73 Å². The molecule has 5 aromatic heterocycles. The van der Waals surface area contributed by atoms with Crippen LogP contribution in [0.15, 0.2) is 29.3 Å². The first-order valence-electron chi connectivity index (χ1n) is 11.5. The summed E-state index contributed by atoms with van der Waals surface area (Å²) in [5.74, 6) is 14.7. The molecule has 0 aromatic carbocycles. The number of amides is 1. The number of hydrogen-bond donors (Lipinski definition) is 5. The van der Waals surface area contributed by atoms with Gasteiger partial charge >= 0.3 is 120 Å². The summed E-state index contributed by atoms with van der Waals surface area (Å²) in [6.07, 6.45) is 2.98. The number of nitrogen functional groups attached to an aromatic ring is 2. The van der Waals surface area contributed by atoms with Gasteiger partial charge in [-0.05, 0) is 13.8 Å². The van der Waals surface area contributed by atoms with Crippen LogP contribution >= 0.6 is 99.9 Å². The summed E-state index contributed by atoms with van der Waals surface area (Å²) in [7, 11) is 0.628. The molecule has 0 spiro atoms. The molecular formula is C24H27I5N11O2V2-2. The minimum absolute atomic E-state index is 0.202. The van der Waals surface area contributed by atoms with Gasteiger partial charge in [0.15, 0.2) is 16.9 Å². The normalized spacial score (nSPS) is 8.98. The summed E-state index contributed by atoms with van der Waals surface area (Å²) >= 11 is 12.1. The number of halogens is 5. The van der Waals surface area contributed by atoms with E-state index in [0.29, 0.717) is 26.3 Å². The molecule has 0 saturated heterocycles. The third-order valence-electron chi connectivity index (χ3n) is 4.46. The van der Waals surface area contributed by atoms with Crippen molar-refractivity contribution in [2.45, 2.75) is 27.7 Å². The van der Waals surface area contributed by atoms with Crippen LogP contribution in [0.5, 0.6) is 0 Å². The molecule has 44 heavy (non-hydrogen) atoms. The maximum atomic E-state index is 11.3. The Morgan fingerprint density at radius 2 is 1.41 bits per heavy atom. The summed E-state index contributed by atoms with van der Waals surface area (Å²) in [5, 5.41) is 8.32. The molecule has 0 atom stereocenters. The Morgan fingerprint density at radius 1 is 0.977 bits per heavy atom. The zero-order valence-corrected chi connectivity index (χ0v) is 37.2. The summed E-state index contributed by atoms with van der Waals surface area (Å²) in [6.45, 7) is 13.7. The third kappa shape index (κ3) is 15.8. The van der Waals surface area contributed by atoms with Gasteiger partial charge in [-0.25, -0.2) is 20.6 Å². The predicted molar refractivity (Wildman–Crippen MR) is 212 cm³/mol. The molecule has 237 valence electrons. The van der Waals surface area contributed by atoms with Gasteiger partial charge in [0.05, 0.1) is 17.6 Å². The molecule has 0 radical (unpaired) electrons. The van der Waals surface area contributed by atoms with Crippen LogP contribution in [-0.2, 0) is 14.4 Å². The molecular weight excluding hydrogens is 1210 g/mol. The van der Waals surface area contributed by atoms with Crippen molar-refractivity contribution in [3.8, 4) is 23.7 Å². The molecule has 13 nitrogen and oxygen atoms in total. The van der Waals surface area contributed by atoms with Crippen molar-refractivity contribution in [1.29, 1.82) is 0 Å².